The molecule has 22 heavy (non-hydrogen) atoms. The van der Waals surface area contributed by atoms with Crippen molar-refractivity contribution in [2.75, 3.05) is 11.1 Å². The zero-order chi connectivity index (χ0) is 16.2. The van der Waals surface area contributed by atoms with Crippen molar-refractivity contribution in [2.24, 2.45) is 0 Å². The van der Waals surface area contributed by atoms with E-state index in [1.54, 1.807) is 6.07 Å². The summed E-state index contributed by atoms with van der Waals surface area (Å²) in [5, 5.41) is 7.33. The second-order valence-corrected chi connectivity index (χ2v) is 7.42. The molecule has 0 unspecified atom stereocenters. The molecule has 2 aromatic rings. The molecule has 118 valence electrons. The van der Waals surface area contributed by atoms with Gasteiger partial charge in [-0.15, -0.1) is 11.8 Å². The summed E-state index contributed by atoms with van der Waals surface area (Å²) in [5.41, 5.74) is 1.01. The highest BCUT2D eigenvalue weighted by molar-refractivity contribution is 7.99. The van der Waals surface area contributed by atoms with Crippen LogP contribution in [0, 0.1) is 0 Å². The largest absolute Gasteiger partial charge is 0.359 e. The average Bonchev–Trinajstić information content (AvgIpc) is 2.89. The molecule has 1 amide bonds. The van der Waals surface area contributed by atoms with E-state index in [-0.39, 0.29) is 11.3 Å². The van der Waals surface area contributed by atoms with Crippen molar-refractivity contribution >= 4 is 35.1 Å². The predicted octanol–water partition coefficient (Wildman–Crippen LogP) is 4.50. The number of hydrogen-bond donors (Lipinski definition) is 1. The molecule has 0 fully saturated rings. The van der Waals surface area contributed by atoms with Crippen LogP contribution in [0.5, 0.6) is 0 Å². The van der Waals surface area contributed by atoms with Crippen LogP contribution in [0.1, 0.15) is 32.1 Å². The normalized spacial score (nSPS) is 11.5. The van der Waals surface area contributed by atoms with Crippen molar-refractivity contribution < 1.29 is 9.32 Å². The number of benzene rings is 1. The SMILES string of the molecule is CC(C)(C)c1cc(NC(=O)CSCc2ccc(Cl)cc2)no1. The molecule has 1 aromatic carbocycles. The van der Waals surface area contributed by atoms with Gasteiger partial charge in [0.1, 0.15) is 5.76 Å². The number of rotatable bonds is 5. The van der Waals surface area contributed by atoms with Gasteiger partial charge in [-0.2, -0.15) is 0 Å². The Morgan fingerprint density at radius 1 is 1.32 bits per heavy atom. The highest BCUT2D eigenvalue weighted by Gasteiger charge is 2.20. The van der Waals surface area contributed by atoms with Gasteiger partial charge in [-0.05, 0) is 17.7 Å². The third-order valence-electron chi connectivity index (χ3n) is 2.93. The fourth-order valence-electron chi connectivity index (χ4n) is 1.71. The lowest BCUT2D eigenvalue weighted by atomic mass is 9.93. The molecule has 0 saturated carbocycles. The molecule has 0 aliphatic rings. The number of nitrogens with zero attached hydrogens (tertiary/aromatic N) is 1. The summed E-state index contributed by atoms with van der Waals surface area (Å²) in [7, 11) is 0. The minimum atomic E-state index is -0.126. The van der Waals surface area contributed by atoms with Crippen molar-refractivity contribution in [1.82, 2.24) is 5.16 Å². The Balaban J connectivity index is 1.78. The molecule has 0 aliphatic heterocycles. The molecule has 0 radical (unpaired) electrons. The fraction of sp³-hybridized carbons (Fsp3) is 0.375. The van der Waals surface area contributed by atoms with Gasteiger partial charge in [0.05, 0.1) is 5.75 Å². The maximum atomic E-state index is 11.9. The first-order valence-corrected chi connectivity index (χ1v) is 8.47. The van der Waals surface area contributed by atoms with Gasteiger partial charge in [0.15, 0.2) is 5.82 Å². The maximum Gasteiger partial charge on any atom is 0.235 e. The molecule has 0 saturated heterocycles. The number of anilines is 1. The molecule has 0 spiro atoms. The first-order chi connectivity index (χ1) is 10.3. The van der Waals surface area contributed by atoms with Gasteiger partial charge in [-0.3, -0.25) is 4.79 Å². The molecule has 1 N–H and O–H groups in total. The van der Waals surface area contributed by atoms with E-state index in [9.17, 15) is 4.79 Å². The lowest BCUT2D eigenvalue weighted by Gasteiger charge is -2.12. The summed E-state index contributed by atoms with van der Waals surface area (Å²) < 4.78 is 5.23. The molecule has 0 aliphatic carbocycles. The quantitative estimate of drug-likeness (QED) is 0.872. The summed E-state index contributed by atoms with van der Waals surface area (Å²) in [4.78, 5) is 11.9. The van der Waals surface area contributed by atoms with Crippen molar-refractivity contribution in [3.05, 3.63) is 46.7 Å². The van der Waals surface area contributed by atoms with E-state index < -0.39 is 0 Å². The van der Waals surface area contributed by atoms with E-state index in [1.807, 2.05) is 45.0 Å². The van der Waals surface area contributed by atoms with E-state index in [2.05, 4.69) is 10.5 Å². The van der Waals surface area contributed by atoms with Gasteiger partial charge in [-0.25, -0.2) is 0 Å². The monoisotopic (exact) mass is 338 g/mol. The number of aromatic nitrogens is 1. The van der Waals surface area contributed by atoms with E-state index in [0.29, 0.717) is 16.6 Å². The fourth-order valence-corrected chi connectivity index (χ4v) is 2.62. The predicted molar refractivity (Wildman–Crippen MR) is 91.4 cm³/mol. The van der Waals surface area contributed by atoms with E-state index in [4.69, 9.17) is 16.1 Å². The Morgan fingerprint density at radius 3 is 2.59 bits per heavy atom. The number of carbonyl (C=O) groups excluding carboxylic acids is 1. The van der Waals surface area contributed by atoms with Crippen molar-refractivity contribution in [2.45, 2.75) is 31.9 Å². The van der Waals surface area contributed by atoms with E-state index in [1.165, 1.54) is 11.8 Å². The standard InChI is InChI=1S/C16H19ClN2O2S/c1-16(2,3)13-8-14(19-21-13)18-15(20)10-22-9-11-4-6-12(17)7-5-11/h4-8H,9-10H2,1-3H3,(H,18,19,20). The number of amides is 1. The molecule has 6 heteroatoms. The van der Waals surface area contributed by atoms with E-state index in [0.717, 1.165) is 17.1 Å². The van der Waals surface area contributed by atoms with Gasteiger partial charge in [-0.1, -0.05) is 49.7 Å². The van der Waals surface area contributed by atoms with Gasteiger partial charge in [0, 0.05) is 22.3 Å². The second kappa shape index (κ2) is 7.20. The summed E-state index contributed by atoms with van der Waals surface area (Å²) in [6.45, 7) is 6.09. The first kappa shape index (κ1) is 16.9. The Morgan fingerprint density at radius 2 is 2.00 bits per heavy atom. The van der Waals surface area contributed by atoms with Crippen LogP contribution in [0.3, 0.4) is 0 Å². The molecular formula is C16H19ClN2O2S. The van der Waals surface area contributed by atoms with Crippen LogP contribution in [0.2, 0.25) is 5.02 Å². The van der Waals surface area contributed by atoms with Gasteiger partial charge in [0.2, 0.25) is 5.91 Å². The van der Waals surface area contributed by atoms with Crippen molar-refractivity contribution in [1.29, 1.82) is 0 Å². The number of halogens is 1. The highest BCUT2D eigenvalue weighted by atomic mass is 35.5. The molecule has 0 bridgehead atoms. The van der Waals surface area contributed by atoms with Gasteiger partial charge in [0.25, 0.3) is 0 Å². The molecular weight excluding hydrogens is 320 g/mol. The zero-order valence-corrected chi connectivity index (χ0v) is 14.4. The zero-order valence-electron chi connectivity index (χ0n) is 12.9. The smallest absolute Gasteiger partial charge is 0.235 e. The highest BCUT2D eigenvalue weighted by Crippen LogP contribution is 2.24. The van der Waals surface area contributed by atoms with Gasteiger partial charge >= 0.3 is 0 Å². The summed E-state index contributed by atoms with van der Waals surface area (Å²) in [6, 6.07) is 9.38. The lowest BCUT2D eigenvalue weighted by Crippen LogP contribution is -2.14. The lowest BCUT2D eigenvalue weighted by molar-refractivity contribution is -0.113. The molecule has 0 atom stereocenters. The van der Waals surface area contributed by atoms with Crippen LogP contribution in [-0.4, -0.2) is 16.8 Å². The summed E-state index contributed by atoms with van der Waals surface area (Å²) in [5.74, 6) is 2.24. The molecule has 2 rings (SSSR count). The second-order valence-electron chi connectivity index (χ2n) is 5.99. The Hall–Kier alpha value is -1.46. The van der Waals surface area contributed by atoms with Crippen molar-refractivity contribution in [3.8, 4) is 0 Å². The van der Waals surface area contributed by atoms with Crippen LogP contribution < -0.4 is 5.32 Å². The number of thioether (sulfide) groups is 1. The average molecular weight is 339 g/mol. The van der Waals surface area contributed by atoms with E-state index >= 15 is 0 Å². The summed E-state index contributed by atoms with van der Waals surface area (Å²) >= 11 is 7.37. The molecule has 1 heterocycles. The summed E-state index contributed by atoms with van der Waals surface area (Å²) in [6.07, 6.45) is 0. The minimum Gasteiger partial charge on any atom is -0.359 e. The van der Waals surface area contributed by atoms with Crippen LogP contribution in [0.15, 0.2) is 34.9 Å². The first-order valence-electron chi connectivity index (χ1n) is 6.94. The van der Waals surface area contributed by atoms with Crippen LogP contribution in [0.4, 0.5) is 5.82 Å². The Labute approximate surface area is 139 Å². The molecule has 4 nitrogen and oxygen atoms in total. The van der Waals surface area contributed by atoms with Crippen molar-refractivity contribution in [3.63, 3.8) is 0 Å². The molecule has 1 aromatic heterocycles. The Kier molecular flexibility index (Phi) is 5.53. The van der Waals surface area contributed by atoms with Crippen LogP contribution in [-0.2, 0) is 16.0 Å². The number of nitrogens with one attached hydrogen (secondary N) is 1. The van der Waals surface area contributed by atoms with Gasteiger partial charge < -0.3 is 9.84 Å². The number of carbonyl (C=O) groups is 1. The number of hydrogen-bond acceptors (Lipinski definition) is 4. The maximum absolute atomic E-state index is 11.9. The topological polar surface area (TPSA) is 55.1 Å². The van der Waals surface area contributed by atoms with Crippen LogP contribution in [0.25, 0.3) is 0 Å². The third kappa shape index (κ3) is 5.07. The third-order valence-corrected chi connectivity index (χ3v) is 4.19. The minimum absolute atomic E-state index is 0.0901. The van der Waals surface area contributed by atoms with Crippen LogP contribution >= 0.6 is 23.4 Å². The Bertz CT molecular complexity index is 632.